The first-order chi connectivity index (χ1) is 9.45. The van der Waals surface area contributed by atoms with Gasteiger partial charge in [-0.25, -0.2) is 0 Å². The predicted octanol–water partition coefficient (Wildman–Crippen LogP) is 2.46. The Labute approximate surface area is 122 Å². The number of hydrogen-bond donors (Lipinski definition) is 2. The summed E-state index contributed by atoms with van der Waals surface area (Å²) in [7, 11) is -3.87. The fourth-order valence-corrected chi connectivity index (χ4v) is 5.41. The minimum absolute atomic E-state index is 0.502. The van der Waals surface area contributed by atoms with Crippen LogP contribution in [-0.2, 0) is 10.1 Å². The molecule has 5 heteroatoms. The van der Waals surface area contributed by atoms with Gasteiger partial charge in [0.2, 0.25) is 0 Å². The molecular formula is C15H27NO3S. The summed E-state index contributed by atoms with van der Waals surface area (Å²) in [6.07, 6.45) is 8.80. The molecule has 3 saturated carbocycles. The zero-order valence-electron chi connectivity index (χ0n) is 12.3. The van der Waals surface area contributed by atoms with E-state index >= 15 is 0 Å². The van der Waals surface area contributed by atoms with Gasteiger partial charge in [0, 0.05) is 6.04 Å². The van der Waals surface area contributed by atoms with Crippen LogP contribution >= 0.6 is 0 Å². The molecule has 3 fully saturated rings. The molecule has 3 aliphatic carbocycles. The monoisotopic (exact) mass is 301 g/mol. The maximum Gasteiger partial charge on any atom is 0.267 e. The highest BCUT2D eigenvalue weighted by Gasteiger charge is 2.47. The lowest BCUT2D eigenvalue weighted by molar-refractivity contribution is 0.178. The summed E-state index contributed by atoms with van der Waals surface area (Å²) in [6, 6.07) is 0.588. The van der Waals surface area contributed by atoms with Crippen molar-refractivity contribution in [1.82, 2.24) is 5.32 Å². The Morgan fingerprint density at radius 1 is 1.10 bits per heavy atom. The van der Waals surface area contributed by atoms with Crippen molar-refractivity contribution in [1.29, 1.82) is 0 Å². The zero-order valence-corrected chi connectivity index (χ0v) is 13.1. The van der Waals surface area contributed by atoms with Gasteiger partial charge in [0.05, 0.1) is 5.25 Å². The van der Waals surface area contributed by atoms with Gasteiger partial charge in [-0.2, -0.15) is 8.42 Å². The summed E-state index contributed by atoms with van der Waals surface area (Å²) in [5, 5.41) is 2.97. The maximum atomic E-state index is 11.0. The van der Waals surface area contributed by atoms with Gasteiger partial charge in [-0.05, 0) is 69.2 Å². The first-order valence-electron chi connectivity index (χ1n) is 8.15. The van der Waals surface area contributed by atoms with Gasteiger partial charge in [-0.1, -0.05) is 12.8 Å². The van der Waals surface area contributed by atoms with E-state index in [1.165, 1.54) is 38.5 Å². The molecule has 0 heterocycles. The van der Waals surface area contributed by atoms with Crippen molar-refractivity contribution in [2.75, 3.05) is 6.54 Å². The van der Waals surface area contributed by atoms with E-state index in [1.807, 2.05) is 0 Å². The van der Waals surface area contributed by atoms with Crippen LogP contribution in [-0.4, -0.2) is 30.8 Å². The summed E-state index contributed by atoms with van der Waals surface area (Å²) in [5.41, 5.74) is 0. The Morgan fingerprint density at radius 3 is 2.50 bits per heavy atom. The summed E-state index contributed by atoms with van der Waals surface area (Å²) in [6.45, 7) is 2.29. The first-order valence-corrected chi connectivity index (χ1v) is 9.65. The van der Waals surface area contributed by atoms with Gasteiger partial charge in [-0.3, -0.25) is 4.55 Å². The maximum absolute atomic E-state index is 11.0. The molecule has 4 nitrogen and oxygen atoms in total. The molecule has 0 aromatic heterocycles. The van der Waals surface area contributed by atoms with Crippen molar-refractivity contribution in [2.45, 2.75) is 63.2 Å². The molecule has 3 rings (SSSR count). The Hall–Kier alpha value is -0.130. The molecule has 4 unspecified atom stereocenters. The normalized spacial score (nSPS) is 41.6. The van der Waals surface area contributed by atoms with Gasteiger partial charge < -0.3 is 5.32 Å². The fraction of sp³-hybridized carbons (Fsp3) is 1.00. The van der Waals surface area contributed by atoms with Crippen LogP contribution in [0.2, 0.25) is 0 Å². The largest absolute Gasteiger partial charge is 0.313 e. The number of fused-ring (bicyclic) bond motifs is 2. The minimum atomic E-state index is -3.87. The van der Waals surface area contributed by atoms with E-state index in [0.717, 1.165) is 23.7 Å². The Bertz CT molecular complexity index is 450. The van der Waals surface area contributed by atoms with Crippen LogP contribution in [0.15, 0.2) is 0 Å². The lowest BCUT2D eigenvalue weighted by Gasteiger charge is -2.37. The van der Waals surface area contributed by atoms with E-state index in [-0.39, 0.29) is 0 Å². The highest BCUT2D eigenvalue weighted by Crippen LogP contribution is 2.53. The molecule has 0 aromatic rings. The number of hydrogen-bond acceptors (Lipinski definition) is 3. The van der Waals surface area contributed by atoms with E-state index in [2.05, 4.69) is 5.32 Å². The smallest absolute Gasteiger partial charge is 0.267 e. The third kappa shape index (κ3) is 2.90. The lowest BCUT2D eigenvalue weighted by Crippen LogP contribution is -2.45. The predicted molar refractivity (Wildman–Crippen MR) is 79.1 cm³/mol. The molecule has 0 radical (unpaired) electrons. The summed E-state index contributed by atoms with van der Waals surface area (Å²) in [5.74, 6) is 3.55. The average molecular weight is 301 g/mol. The third-order valence-corrected chi connectivity index (χ3v) is 7.34. The van der Waals surface area contributed by atoms with Gasteiger partial charge in [0.25, 0.3) is 10.1 Å². The van der Waals surface area contributed by atoms with E-state index in [9.17, 15) is 8.42 Å². The molecule has 0 saturated heterocycles. The fourth-order valence-electron chi connectivity index (χ4n) is 4.99. The van der Waals surface area contributed by atoms with E-state index in [0.29, 0.717) is 19.0 Å². The van der Waals surface area contributed by atoms with Crippen LogP contribution in [0.25, 0.3) is 0 Å². The lowest BCUT2D eigenvalue weighted by atomic mass is 9.75. The highest BCUT2D eigenvalue weighted by atomic mass is 32.2. The quantitative estimate of drug-likeness (QED) is 0.766. The second-order valence-electron chi connectivity index (χ2n) is 7.27. The molecule has 3 bridgehead atoms. The van der Waals surface area contributed by atoms with Crippen LogP contribution in [0, 0.1) is 23.7 Å². The molecule has 2 N–H and O–H groups in total. The molecule has 0 aromatic carbocycles. The summed E-state index contributed by atoms with van der Waals surface area (Å²) < 4.78 is 31.1. The molecule has 6 atom stereocenters. The molecule has 20 heavy (non-hydrogen) atoms. The van der Waals surface area contributed by atoms with Gasteiger partial charge in [0.1, 0.15) is 0 Å². The molecular weight excluding hydrogens is 274 g/mol. The van der Waals surface area contributed by atoms with Crippen molar-refractivity contribution < 1.29 is 13.0 Å². The SMILES string of the molecule is CC(CCNC1C2CC3C[C@@H]1CCC[C@H]3C2)S(=O)(=O)O. The first kappa shape index (κ1) is 14.8. The van der Waals surface area contributed by atoms with Crippen LogP contribution in [0.4, 0.5) is 0 Å². The Balaban J connectivity index is 1.55. The van der Waals surface area contributed by atoms with Crippen molar-refractivity contribution in [3.8, 4) is 0 Å². The second kappa shape index (κ2) is 5.58. The second-order valence-corrected chi connectivity index (χ2v) is 9.11. The van der Waals surface area contributed by atoms with E-state index < -0.39 is 15.4 Å². The molecule has 3 aliphatic rings. The third-order valence-electron chi connectivity index (χ3n) is 6.09. The Morgan fingerprint density at radius 2 is 1.75 bits per heavy atom. The van der Waals surface area contributed by atoms with E-state index in [1.54, 1.807) is 6.92 Å². The molecule has 0 spiro atoms. The van der Waals surface area contributed by atoms with Crippen LogP contribution in [0.3, 0.4) is 0 Å². The molecule has 0 amide bonds. The van der Waals surface area contributed by atoms with Gasteiger partial charge in [-0.15, -0.1) is 0 Å². The standard InChI is InChI=1S/C15H27NO3S/c1-10(20(17,18)19)5-6-16-15-12-4-2-3-11-7-14(15)9-13(11)8-12/h10-16H,2-9H2,1H3,(H,17,18,19)/t10?,11-,12-,13?,14?,15?/m0/s1. The van der Waals surface area contributed by atoms with Crippen molar-refractivity contribution in [2.24, 2.45) is 23.7 Å². The number of rotatable bonds is 5. The van der Waals surface area contributed by atoms with Gasteiger partial charge >= 0.3 is 0 Å². The molecule has 0 aliphatic heterocycles. The van der Waals surface area contributed by atoms with Crippen molar-refractivity contribution >= 4 is 10.1 Å². The number of nitrogens with one attached hydrogen (secondary N) is 1. The van der Waals surface area contributed by atoms with Crippen LogP contribution < -0.4 is 5.32 Å². The van der Waals surface area contributed by atoms with Crippen LogP contribution in [0.1, 0.15) is 51.9 Å². The summed E-state index contributed by atoms with van der Waals surface area (Å²) in [4.78, 5) is 0. The van der Waals surface area contributed by atoms with Crippen molar-refractivity contribution in [3.05, 3.63) is 0 Å². The molecule has 116 valence electrons. The minimum Gasteiger partial charge on any atom is -0.313 e. The highest BCUT2D eigenvalue weighted by molar-refractivity contribution is 7.86. The van der Waals surface area contributed by atoms with Crippen LogP contribution in [0.5, 0.6) is 0 Å². The Kier molecular flexibility index (Phi) is 4.13. The summed E-state index contributed by atoms with van der Waals surface area (Å²) >= 11 is 0. The van der Waals surface area contributed by atoms with Gasteiger partial charge in [0.15, 0.2) is 0 Å². The zero-order chi connectivity index (χ0) is 14.3. The van der Waals surface area contributed by atoms with E-state index in [4.69, 9.17) is 4.55 Å². The topological polar surface area (TPSA) is 66.4 Å². The van der Waals surface area contributed by atoms with Crippen molar-refractivity contribution in [3.63, 3.8) is 0 Å². The average Bonchev–Trinajstić information content (AvgIpc) is 2.60.